The van der Waals surface area contributed by atoms with E-state index in [0.29, 0.717) is 0 Å². The predicted octanol–water partition coefficient (Wildman–Crippen LogP) is 1.83. The molecule has 0 aromatic carbocycles. The molecule has 4 heteroatoms. The lowest BCUT2D eigenvalue weighted by molar-refractivity contribution is 0.665. The van der Waals surface area contributed by atoms with E-state index < -0.39 is 5.41 Å². The van der Waals surface area contributed by atoms with Gasteiger partial charge < -0.3 is 5.73 Å². The SMILES string of the molecule is CC(N)Cc1csc(C(C)(C)C#N)n1. The summed E-state index contributed by atoms with van der Waals surface area (Å²) in [6, 6.07) is 2.36. The van der Waals surface area contributed by atoms with Crippen molar-refractivity contribution in [1.29, 1.82) is 5.26 Å². The van der Waals surface area contributed by atoms with Crippen LogP contribution in [-0.2, 0) is 11.8 Å². The minimum Gasteiger partial charge on any atom is -0.328 e. The fourth-order valence-electron chi connectivity index (χ4n) is 1.07. The summed E-state index contributed by atoms with van der Waals surface area (Å²) in [7, 11) is 0. The van der Waals surface area contributed by atoms with E-state index in [-0.39, 0.29) is 6.04 Å². The number of thiazole rings is 1. The van der Waals surface area contributed by atoms with E-state index >= 15 is 0 Å². The van der Waals surface area contributed by atoms with Gasteiger partial charge in [0.1, 0.15) is 10.4 Å². The lowest BCUT2D eigenvalue weighted by atomic mass is 9.97. The van der Waals surface area contributed by atoms with Crippen molar-refractivity contribution in [3.8, 4) is 6.07 Å². The Labute approximate surface area is 88.6 Å². The number of rotatable bonds is 3. The number of hydrogen-bond donors (Lipinski definition) is 1. The van der Waals surface area contributed by atoms with Crippen LogP contribution in [0.25, 0.3) is 0 Å². The Morgan fingerprint density at radius 2 is 2.36 bits per heavy atom. The smallest absolute Gasteiger partial charge is 0.113 e. The van der Waals surface area contributed by atoms with Crippen LogP contribution in [0.4, 0.5) is 0 Å². The zero-order chi connectivity index (χ0) is 10.8. The molecular weight excluding hydrogens is 194 g/mol. The normalized spacial score (nSPS) is 13.6. The maximum Gasteiger partial charge on any atom is 0.113 e. The van der Waals surface area contributed by atoms with E-state index in [1.165, 1.54) is 11.3 Å². The highest BCUT2D eigenvalue weighted by Gasteiger charge is 2.23. The van der Waals surface area contributed by atoms with Crippen molar-refractivity contribution in [3.05, 3.63) is 16.1 Å². The fourth-order valence-corrected chi connectivity index (χ4v) is 1.97. The van der Waals surface area contributed by atoms with Gasteiger partial charge in [-0.05, 0) is 20.8 Å². The predicted molar refractivity (Wildman–Crippen MR) is 58.1 cm³/mol. The second kappa shape index (κ2) is 4.07. The van der Waals surface area contributed by atoms with E-state index in [1.807, 2.05) is 26.2 Å². The van der Waals surface area contributed by atoms with Crippen LogP contribution in [0.15, 0.2) is 5.38 Å². The Morgan fingerprint density at radius 3 is 2.86 bits per heavy atom. The second-order valence-electron chi connectivity index (χ2n) is 4.06. The van der Waals surface area contributed by atoms with E-state index in [4.69, 9.17) is 11.0 Å². The van der Waals surface area contributed by atoms with Gasteiger partial charge in [0.2, 0.25) is 0 Å². The van der Waals surface area contributed by atoms with Crippen molar-refractivity contribution in [1.82, 2.24) is 4.98 Å². The van der Waals surface area contributed by atoms with Gasteiger partial charge in [-0.15, -0.1) is 11.3 Å². The Morgan fingerprint density at radius 1 is 1.71 bits per heavy atom. The van der Waals surface area contributed by atoms with Gasteiger partial charge in [0.25, 0.3) is 0 Å². The van der Waals surface area contributed by atoms with Crippen molar-refractivity contribution in [2.24, 2.45) is 5.73 Å². The van der Waals surface area contributed by atoms with Crippen LogP contribution in [0.5, 0.6) is 0 Å². The van der Waals surface area contributed by atoms with Crippen LogP contribution in [0.2, 0.25) is 0 Å². The Kier molecular flexibility index (Phi) is 3.25. The van der Waals surface area contributed by atoms with Crippen LogP contribution in [0.3, 0.4) is 0 Å². The summed E-state index contributed by atoms with van der Waals surface area (Å²) in [4.78, 5) is 4.41. The Balaban J connectivity index is 2.84. The highest BCUT2D eigenvalue weighted by Crippen LogP contribution is 2.25. The van der Waals surface area contributed by atoms with Gasteiger partial charge in [-0.2, -0.15) is 5.26 Å². The average Bonchev–Trinajstić information content (AvgIpc) is 2.52. The van der Waals surface area contributed by atoms with Crippen molar-refractivity contribution >= 4 is 11.3 Å². The molecule has 3 nitrogen and oxygen atoms in total. The highest BCUT2D eigenvalue weighted by molar-refractivity contribution is 7.09. The first-order valence-electron chi connectivity index (χ1n) is 4.57. The van der Waals surface area contributed by atoms with Crippen LogP contribution in [0, 0.1) is 11.3 Å². The van der Waals surface area contributed by atoms with Crippen LogP contribution in [-0.4, -0.2) is 11.0 Å². The zero-order valence-electron chi connectivity index (χ0n) is 8.74. The molecule has 14 heavy (non-hydrogen) atoms. The monoisotopic (exact) mass is 209 g/mol. The van der Waals surface area contributed by atoms with Crippen LogP contribution in [0.1, 0.15) is 31.5 Å². The number of aromatic nitrogens is 1. The van der Waals surface area contributed by atoms with Crippen LogP contribution < -0.4 is 5.73 Å². The average molecular weight is 209 g/mol. The van der Waals surface area contributed by atoms with E-state index in [2.05, 4.69) is 11.1 Å². The van der Waals surface area contributed by atoms with Gasteiger partial charge in [-0.3, -0.25) is 0 Å². The van der Waals surface area contributed by atoms with Crippen molar-refractivity contribution < 1.29 is 0 Å². The first kappa shape index (κ1) is 11.2. The van der Waals surface area contributed by atoms with Gasteiger partial charge in [0, 0.05) is 17.8 Å². The largest absolute Gasteiger partial charge is 0.328 e. The third-order valence-corrected chi connectivity index (χ3v) is 3.11. The minimum absolute atomic E-state index is 0.121. The molecule has 0 spiro atoms. The number of nitrogens with two attached hydrogens (primary N) is 1. The third kappa shape index (κ3) is 2.53. The molecule has 0 saturated heterocycles. The van der Waals surface area contributed by atoms with Gasteiger partial charge in [0.15, 0.2) is 0 Å². The second-order valence-corrected chi connectivity index (χ2v) is 4.92. The summed E-state index contributed by atoms with van der Waals surface area (Å²) < 4.78 is 0. The lowest BCUT2D eigenvalue weighted by Crippen LogP contribution is -2.18. The third-order valence-electron chi connectivity index (χ3n) is 1.90. The molecule has 0 aliphatic heterocycles. The first-order chi connectivity index (χ1) is 6.45. The summed E-state index contributed by atoms with van der Waals surface area (Å²) >= 11 is 1.53. The van der Waals surface area contributed by atoms with Gasteiger partial charge in [0.05, 0.1) is 11.8 Å². The van der Waals surface area contributed by atoms with E-state index in [1.54, 1.807) is 0 Å². The molecular formula is C10H15N3S. The molecule has 1 aromatic rings. The van der Waals surface area contributed by atoms with Gasteiger partial charge in [-0.1, -0.05) is 0 Å². The van der Waals surface area contributed by atoms with Crippen molar-refractivity contribution in [2.75, 3.05) is 0 Å². The first-order valence-corrected chi connectivity index (χ1v) is 5.45. The van der Waals surface area contributed by atoms with Crippen molar-refractivity contribution in [3.63, 3.8) is 0 Å². The highest BCUT2D eigenvalue weighted by atomic mass is 32.1. The van der Waals surface area contributed by atoms with Crippen molar-refractivity contribution in [2.45, 2.75) is 38.6 Å². The fraction of sp³-hybridized carbons (Fsp3) is 0.600. The number of nitrogens with zero attached hydrogens (tertiary/aromatic N) is 2. The lowest BCUT2D eigenvalue weighted by Gasteiger charge is -2.10. The van der Waals surface area contributed by atoms with E-state index in [9.17, 15) is 0 Å². The molecule has 1 unspecified atom stereocenters. The molecule has 76 valence electrons. The van der Waals surface area contributed by atoms with Crippen LogP contribution >= 0.6 is 11.3 Å². The molecule has 1 rings (SSSR count). The molecule has 0 saturated carbocycles. The summed E-state index contributed by atoms with van der Waals surface area (Å²) in [5.74, 6) is 0. The maximum absolute atomic E-state index is 8.93. The molecule has 0 fully saturated rings. The summed E-state index contributed by atoms with van der Waals surface area (Å²) in [5.41, 5.74) is 6.18. The van der Waals surface area contributed by atoms with Gasteiger partial charge >= 0.3 is 0 Å². The molecule has 0 radical (unpaired) electrons. The Bertz CT molecular complexity index is 346. The number of hydrogen-bond acceptors (Lipinski definition) is 4. The molecule has 0 bridgehead atoms. The molecule has 0 aliphatic rings. The summed E-state index contributed by atoms with van der Waals surface area (Å²) in [6.45, 7) is 5.71. The quantitative estimate of drug-likeness (QED) is 0.826. The van der Waals surface area contributed by atoms with E-state index in [0.717, 1.165) is 17.1 Å². The number of nitriles is 1. The Hall–Kier alpha value is -0.920. The topological polar surface area (TPSA) is 62.7 Å². The summed E-state index contributed by atoms with van der Waals surface area (Å²) in [5, 5.41) is 11.8. The molecule has 1 aromatic heterocycles. The molecule has 1 heterocycles. The minimum atomic E-state index is -0.485. The summed E-state index contributed by atoms with van der Waals surface area (Å²) in [6.07, 6.45) is 0.776. The van der Waals surface area contributed by atoms with Gasteiger partial charge in [-0.25, -0.2) is 4.98 Å². The maximum atomic E-state index is 8.93. The zero-order valence-corrected chi connectivity index (χ0v) is 9.56. The molecule has 2 N–H and O–H groups in total. The molecule has 1 atom stereocenters. The molecule has 0 aliphatic carbocycles. The standard InChI is InChI=1S/C10H15N3S/c1-7(12)4-8-5-14-9(13-8)10(2,3)6-11/h5,7H,4,12H2,1-3H3. The molecule has 0 amide bonds.